The number of anilines is 1. The molecule has 2 amide bonds. The number of amides is 2. The second-order valence-electron chi connectivity index (χ2n) is 10.5. The highest BCUT2D eigenvalue weighted by Crippen LogP contribution is 2.35. The SMILES string of the molecule is CC(C)c1ccc(C(C(=O)Nc2ccc3c(c2)OCO3)N(Cc2ccccc2)C(=O)Cn2nnc3ccccc32)cc1. The van der Waals surface area contributed by atoms with Gasteiger partial charge in [0.2, 0.25) is 12.7 Å². The smallest absolute Gasteiger partial charge is 0.251 e. The topological polar surface area (TPSA) is 98.6 Å². The minimum Gasteiger partial charge on any atom is -0.454 e. The lowest BCUT2D eigenvalue weighted by atomic mass is 9.97. The quantitative estimate of drug-likeness (QED) is 0.248. The Morgan fingerprint density at radius 1 is 0.881 bits per heavy atom. The van der Waals surface area contributed by atoms with Crippen molar-refractivity contribution in [3.63, 3.8) is 0 Å². The summed E-state index contributed by atoms with van der Waals surface area (Å²) in [6.07, 6.45) is 0. The van der Waals surface area contributed by atoms with Gasteiger partial charge in [-0.05, 0) is 46.9 Å². The lowest BCUT2D eigenvalue weighted by Crippen LogP contribution is -2.42. The molecule has 9 heteroatoms. The number of hydrogen-bond acceptors (Lipinski definition) is 6. The molecular formula is C33H31N5O4. The number of para-hydroxylation sites is 1. The van der Waals surface area contributed by atoms with Gasteiger partial charge in [0.15, 0.2) is 11.5 Å². The van der Waals surface area contributed by atoms with Gasteiger partial charge in [-0.15, -0.1) is 5.10 Å². The summed E-state index contributed by atoms with van der Waals surface area (Å²) >= 11 is 0. The first-order valence-corrected chi connectivity index (χ1v) is 13.9. The number of ether oxygens (including phenoxy) is 2. The molecule has 1 aromatic heterocycles. The van der Waals surface area contributed by atoms with Crippen LogP contribution in [0.2, 0.25) is 0 Å². The summed E-state index contributed by atoms with van der Waals surface area (Å²) in [7, 11) is 0. The van der Waals surface area contributed by atoms with Crippen LogP contribution in [0, 0.1) is 0 Å². The van der Waals surface area contributed by atoms with Crippen molar-refractivity contribution < 1.29 is 19.1 Å². The van der Waals surface area contributed by atoms with Gasteiger partial charge in [0.1, 0.15) is 18.1 Å². The Hall–Kier alpha value is -5.18. The third kappa shape index (κ3) is 5.67. The average Bonchev–Trinajstić information content (AvgIpc) is 3.64. The van der Waals surface area contributed by atoms with E-state index in [9.17, 15) is 9.59 Å². The van der Waals surface area contributed by atoms with E-state index in [1.807, 2.05) is 78.9 Å². The second-order valence-corrected chi connectivity index (χ2v) is 10.5. The Balaban J connectivity index is 1.39. The number of hydrogen-bond donors (Lipinski definition) is 1. The normalized spacial score (nSPS) is 12.8. The van der Waals surface area contributed by atoms with Crippen molar-refractivity contribution in [2.24, 2.45) is 0 Å². The summed E-state index contributed by atoms with van der Waals surface area (Å²) in [6.45, 7) is 4.51. The first-order valence-electron chi connectivity index (χ1n) is 13.9. The fourth-order valence-corrected chi connectivity index (χ4v) is 5.08. The fourth-order valence-electron chi connectivity index (χ4n) is 5.08. The molecule has 0 saturated heterocycles. The number of aromatic nitrogens is 3. The highest BCUT2D eigenvalue weighted by Gasteiger charge is 2.32. The van der Waals surface area contributed by atoms with E-state index in [4.69, 9.17) is 9.47 Å². The minimum absolute atomic E-state index is 0.0781. The van der Waals surface area contributed by atoms with Crippen LogP contribution in [-0.2, 0) is 22.7 Å². The molecule has 1 aliphatic heterocycles. The molecular weight excluding hydrogens is 530 g/mol. The van der Waals surface area contributed by atoms with E-state index in [0.29, 0.717) is 34.2 Å². The van der Waals surface area contributed by atoms with E-state index < -0.39 is 6.04 Å². The summed E-state index contributed by atoms with van der Waals surface area (Å²) in [6, 6.07) is 29.3. The van der Waals surface area contributed by atoms with Crippen LogP contribution in [0.4, 0.5) is 5.69 Å². The summed E-state index contributed by atoms with van der Waals surface area (Å²) in [5.41, 5.74) is 4.72. The van der Waals surface area contributed by atoms with E-state index in [1.165, 1.54) is 0 Å². The van der Waals surface area contributed by atoms with Crippen LogP contribution in [0.3, 0.4) is 0 Å². The summed E-state index contributed by atoms with van der Waals surface area (Å²) in [5, 5.41) is 11.4. The van der Waals surface area contributed by atoms with Crippen LogP contribution in [-0.4, -0.2) is 38.5 Å². The van der Waals surface area contributed by atoms with E-state index >= 15 is 0 Å². The molecule has 6 rings (SSSR count). The number of nitrogens with one attached hydrogen (secondary N) is 1. The lowest BCUT2D eigenvalue weighted by Gasteiger charge is -2.32. The zero-order valence-corrected chi connectivity index (χ0v) is 23.4. The van der Waals surface area contributed by atoms with Crippen LogP contribution in [0.15, 0.2) is 97.1 Å². The molecule has 0 bridgehead atoms. The van der Waals surface area contributed by atoms with Crippen molar-refractivity contribution >= 4 is 28.5 Å². The molecule has 1 atom stereocenters. The highest BCUT2D eigenvalue weighted by molar-refractivity contribution is 5.98. The van der Waals surface area contributed by atoms with Gasteiger partial charge >= 0.3 is 0 Å². The van der Waals surface area contributed by atoms with Crippen molar-refractivity contribution in [1.29, 1.82) is 0 Å². The summed E-state index contributed by atoms with van der Waals surface area (Å²) in [5.74, 6) is 0.880. The van der Waals surface area contributed by atoms with Crippen LogP contribution in [0.1, 0.15) is 42.5 Å². The molecule has 1 unspecified atom stereocenters. The Kier molecular flexibility index (Phi) is 7.55. The zero-order chi connectivity index (χ0) is 29.1. The predicted molar refractivity (Wildman–Crippen MR) is 159 cm³/mol. The third-order valence-electron chi connectivity index (χ3n) is 7.34. The molecule has 0 radical (unpaired) electrons. The van der Waals surface area contributed by atoms with Gasteiger partial charge in [0, 0.05) is 18.3 Å². The molecule has 1 N–H and O–H groups in total. The van der Waals surface area contributed by atoms with Crippen LogP contribution in [0.5, 0.6) is 11.5 Å². The molecule has 0 aliphatic carbocycles. The zero-order valence-electron chi connectivity index (χ0n) is 23.4. The largest absolute Gasteiger partial charge is 0.454 e. The van der Waals surface area contributed by atoms with Crippen molar-refractivity contribution in [3.8, 4) is 11.5 Å². The van der Waals surface area contributed by atoms with Crippen molar-refractivity contribution in [1.82, 2.24) is 19.9 Å². The van der Waals surface area contributed by atoms with Gasteiger partial charge in [0.05, 0.1) is 5.52 Å². The maximum absolute atomic E-state index is 14.2. The number of fused-ring (bicyclic) bond motifs is 2. The Bertz CT molecular complexity index is 1720. The minimum atomic E-state index is -0.931. The predicted octanol–water partition coefficient (Wildman–Crippen LogP) is 5.69. The number of nitrogens with zero attached hydrogens (tertiary/aromatic N) is 4. The van der Waals surface area contributed by atoms with Crippen LogP contribution in [0.25, 0.3) is 11.0 Å². The Labute approximate surface area is 243 Å². The first kappa shape index (κ1) is 27.0. The van der Waals surface area contributed by atoms with Crippen molar-refractivity contribution in [3.05, 3.63) is 114 Å². The number of benzene rings is 4. The van der Waals surface area contributed by atoms with Gasteiger partial charge in [-0.1, -0.05) is 85.8 Å². The average molecular weight is 562 g/mol. The highest BCUT2D eigenvalue weighted by atomic mass is 16.7. The molecule has 42 heavy (non-hydrogen) atoms. The van der Waals surface area contributed by atoms with Crippen molar-refractivity contribution in [2.75, 3.05) is 12.1 Å². The molecule has 4 aromatic carbocycles. The number of carbonyl (C=O) groups is 2. The second kappa shape index (κ2) is 11.7. The molecule has 0 fully saturated rings. The standard InChI is InChI=1S/C33H31N5O4/c1-22(2)24-12-14-25(15-13-24)32(33(40)34-26-16-17-29-30(18-26)42-21-41-29)37(19-23-8-4-3-5-9-23)31(39)20-38-28-11-7-6-10-27(28)35-36-38/h3-18,22,32H,19-21H2,1-2H3,(H,34,40). The maximum Gasteiger partial charge on any atom is 0.251 e. The van der Waals surface area contributed by atoms with Crippen LogP contribution < -0.4 is 14.8 Å². The van der Waals surface area contributed by atoms with E-state index in [0.717, 1.165) is 16.6 Å². The monoisotopic (exact) mass is 561 g/mol. The van der Waals surface area contributed by atoms with Crippen LogP contribution >= 0.6 is 0 Å². The molecule has 212 valence electrons. The van der Waals surface area contributed by atoms with Gasteiger partial charge in [-0.3, -0.25) is 9.59 Å². The molecule has 5 aromatic rings. The molecule has 1 aliphatic rings. The lowest BCUT2D eigenvalue weighted by molar-refractivity contribution is -0.140. The number of carbonyl (C=O) groups excluding carboxylic acids is 2. The Morgan fingerprint density at radius 2 is 1.60 bits per heavy atom. The Morgan fingerprint density at radius 3 is 2.38 bits per heavy atom. The first-order chi connectivity index (χ1) is 20.5. The van der Waals surface area contributed by atoms with Gasteiger partial charge < -0.3 is 19.7 Å². The van der Waals surface area contributed by atoms with E-state index in [-0.39, 0.29) is 31.7 Å². The summed E-state index contributed by atoms with van der Waals surface area (Å²) < 4.78 is 12.5. The molecule has 2 heterocycles. The number of rotatable bonds is 9. The molecule has 0 spiro atoms. The third-order valence-corrected chi connectivity index (χ3v) is 7.34. The summed E-state index contributed by atoms with van der Waals surface area (Å²) in [4.78, 5) is 30.0. The maximum atomic E-state index is 14.2. The van der Waals surface area contributed by atoms with Gasteiger partial charge in [-0.2, -0.15) is 0 Å². The molecule has 0 saturated carbocycles. The van der Waals surface area contributed by atoms with Gasteiger partial charge in [0.25, 0.3) is 5.91 Å². The van der Waals surface area contributed by atoms with Crippen molar-refractivity contribution in [2.45, 2.75) is 38.9 Å². The molecule has 9 nitrogen and oxygen atoms in total. The van der Waals surface area contributed by atoms with E-state index in [2.05, 4.69) is 29.5 Å². The van der Waals surface area contributed by atoms with Gasteiger partial charge in [-0.25, -0.2) is 4.68 Å². The van der Waals surface area contributed by atoms with E-state index in [1.54, 1.807) is 27.8 Å². The fraction of sp³-hybridized carbons (Fsp3) is 0.212.